The molecular formula is C19H29F3N2O2. The second-order valence-corrected chi connectivity index (χ2v) is 8.54. The van der Waals surface area contributed by atoms with Crippen LogP contribution < -0.4 is 10.6 Å². The molecule has 3 aliphatic carbocycles. The van der Waals surface area contributed by atoms with Crippen molar-refractivity contribution in [3.63, 3.8) is 0 Å². The maximum Gasteiger partial charge on any atom is 0.389 e. The zero-order valence-electron chi connectivity index (χ0n) is 15.2. The number of carbonyl (C=O) groups excluding carboxylic acids is 2. The van der Waals surface area contributed by atoms with Gasteiger partial charge in [-0.3, -0.25) is 9.59 Å². The SMILES string of the molecule is O=C(CCCC(F)(F)F)NC(CNC(=O)C1CC2(CC2)C1)C1CCCC1. The van der Waals surface area contributed by atoms with Crippen molar-refractivity contribution in [2.75, 3.05) is 6.54 Å². The van der Waals surface area contributed by atoms with E-state index in [0.29, 0.717) is 17.9 Å². The molecule has 2 N–H and O–H groups in total. The van der Waals surface area contributed by atoms with Crippen LogP contribution >= 0.6 is 0 Å². The number of hydrogen-bond acceptors (Lipinski definition) is 2. The Morgan fingerprint density at radius 2 is 1.77 bits per heavy atom. The molecule has 3 saturated carbocycles. The summed E-state index contributed by atoms with van der Waals surface area (Å²) >= 11 is 0. The first-order valence-electron chi connectivity index (χ1n) is 9.90. The number of carbonyl (C=O) groups is 2. The first-order chi connectivity index (χ1) is 12.3. The summed E-state index contributed by atoms with van der Waals surface area (Å²) in [5, 5.41) is 5.86. The van der Waals surface area contributed by atoms with Crippen LogP contribution in [0.1, 0.15) is 70.6 Å². The lowest BCUT2D eigenvalue weighted by molar-refractivity contribution is -0.137. The van der Waals surface area contributed by atoms with E-state index >= 15 is 0 Å². The van der Waals surface area contributed by atoms with Crippen molar-refractivity contribution in [3.8, 4) is 0 Å². The molecular weight excluding hydrogens is 345 g/mol. The zero-order valence-corrected chi connectivity index (χ0v) is 15.2. The predicted molar refractivity (Wildman–Crippen MR) is 91.2 cm³/mol. The van der Waals surface area contributed by atoms with E-state index in [1.807, 2.05) is 0 Å². The molecule has 1 spiro atoms. The summed E-state index contributed by atoms with van der Waals surface area (Å²) < 4.78 is 36.7. The molecule has 0 radical (unpaired) electrons. The molecule has 148 valence electrons. The first-order valence-corrected chi connectivity index (χ1v) is 9.90. The van der Waals surface area contributed by atoms with Crippen LogP contribution in [0.2, 0.25) is 0 Å². The van der Waals surface area contributed by atoms with Gasteiger partial charge in [-0.15, -0.1) is 0 Å². The van der Waals surface area contributed by atoms with Gasteiger partial charge in [0.1, 0.15) is 0 Å². The van der Waals surface area contributed by atoms with Crippen LogP contribution in [0.15, 0.2) is 0 Å². The van der Waals surface area contributed by atoms with E-state index in [1.54, 1.807) is 0 Å². The van der Waals surface area contributed by atoms with Gasteiger partial charge in [-0.1, -0.05) is 12.8 Å². The molecule has 3 aliphatic rings. The van der Waals surface area contributed by atoms with Gasteiger partial charge in [0.2, 0.25) is 11.8 Å². The highest BCUT2D eigenvalue weighted by Crippen LogP contribution is 2.63. The molecule has 0 aliphatic heterocycles. The number of halogens is 3. The molecule has 1 atom stereocenters. The van der Waals surface area contributed by atoms with Crippen LogP contribution in [0, 0.1) is 17.3 Å². The van der Waals surface area contributed by atoms with Crippen molar-refractivity contribution in [3.05, 3.63) is 0 Å². The Labute approximate surface area is 152 Å². The Morgan fingerprint density at radius 1 is 1.12 bits per heavy atom. The fourth-order valence-corrected chi connectivity index (χ4v) is 4.53. The van der Waals surface area contributed by atoms with E-state index in [1.165, 1.54) is 12.8 Å². The Morgan fingerprint density at radius 3 is 2.35 bits per heavy atom. The van der Waals surface area contributed by atoms with Gasteiger partial charge in [-0.2, -0.15) is 13.2 Å². The normalized spacial score (nSPS) is 23.5. The third-order valence-electron chi connectivity index (χ3n) is 6.36. The molecule has 3 fully saturated rings. The molecule has 0 saturated heterocycles. The predicted octanol–water partition coefficient (Wildman–Crippen LogP) is 3.70. The first kappa shape index (κ1) is 19.5. The number of nitrogens with one attached hydrogen (secondary N) is 2. The number of alkyl halides is 3. The summed E-state index contributed by atoms with van der Waals surface area (Å²) in [5.41, 5.74) is 0.472. The topological polar surface area (TPSA) is 58.2 Å². The summed E-state index contributed by atoms with van der Waals surface area (Å²) in [6.45, 7) is 0.387. The maximum absolute atomic E-state index is 12.3. The molecule has 26 heavy (non-hydrogen) atoms. The van der Waals surface area contributed by atoms with Crippen LogP contribution in [-0.4, -0.2) is 30.6 Å². The monoisotopic (exact) mass is 374 g/mol. The Balaban J connectivity index is 1.42. The Bertz CT molecular complexity index is 517. The highest BCUT2D eigenvalue weighted by molar-refractivity contribution is 5.80. The van der Waals surface area contributed by atoms with Crippen molar-refractivity contribution >= 4 is 11.8 Å². The van der Waals surface area contributed by atoms with E-state index < -0.39 is 12.6 Å². The number of hydrogen-bond donors (Lipinski definition) is 2. The largest absolute Gasteiger partial charge is 0.389 e. The highest BCUT2D eigenvalue weighted by Gasteiger charge is 2.54. The number of rotatable bonds is 8. The maximum atomic E-state index is 12.3. The van der Waals surface area contributed by atoms with Crippen LogP contribution in [0.3, 0.4) is 0 Å². The fraction of sp³-hybridized carbons (Fsp3) is 0.895. The van der Waals surface area contributed by atoms with E-state index in [9.17, 15) is 22.8 Å². The molecule has 0 bridgehead atoms. The quantitative estimate of drug-likeness (QED) is 0.681. The summed E-state index contributed by atoms with van der Waals surface area (Å²) in [7, 11) is 0. The number of amides is 2. The van der Waals surface area contributed by atoms with E-state index in [-0.39, 0.29) is 36.6 Å². The summed E-state index contributed by atoms with van der Waals surface area (Å²) in [4.78, 5) is 24.3. The lowest BCUT2D eigenvalue weighted by Gasteiger charge is -2.35. The van der Waals surface area contributed by atoms with E-state index in [2.05, 4.69) is 10.6 Å². The van der Waals surface area contributed by atoms with E-state index in [4.69, 9.17) is 0 Å². The lowest BCUT2D eigenvalue weighted by Crippen LogP contribution is -2.49. The van der Waals surface area contributed by atoms with Gasteiger partial charge in [0.05, 0.1) is 0 Å². The second kappa shape index (κ2) is 7.77. The van der Waals surface area contributed by atoms with Gasteiger partial charge in [-0.05, 0) is 56.3 Å². The third-order valence-corrected chi connectivity index (χ3v) is 6.36. The van der Waals surface area contributed by atoms with Gasteiger partial charge in [-0.25, -0.2) is 0 Å². The Kier molecular flexibility index (Phi) is 5.82. The van der Waals surface area contributed by atoms with Gasteiger partial charge < -0.3 is 10.6 Å². The minimum absolute atomic E-state index is 0.0665. The molecule has 2 amide bonds. The molecule has 0 aromatic carbocycles. The van der Waals surface area contributed by atoms with Gasteiger partial charge in [0, 0.05) is 31.3 Å². The standard InChI is InChI=1S/C19H29F3N2O2/c20-19(21,22)7-3-6-16(25)24-15(13-4-1-2-5-13)12-23-17(26)14-10-18(11-14)8-9-18/h13-15H,1-12H2,(H,23,26)(H,24,25). The molecule has 7 heteroatoms. The zero-order chi connectivity index (χ0) is 18.8. The summed E-state index contributed by atoms with van der Waals surface area (Å²) in [6.07, 6.45) is 3.18. The van der Waals surface area contributed by atoms with Crippen LogP contribution in [0.4, 0.5) is 13.2 Å². The fourth-order valence-electron chi connectivity index (χ4n) is 4.53. The average molecular weight is 374 g/mol. The van der Waals surface area contributed by atoms with Crippen molar-refractivity contribution in [1.29, 1.82) is 0 Å². The minimum atomic E-state index is -4.22. The van der Waals surface area contributed by atoms with Crippen LogP contribution in [-0.2, 0) is 9.59 Å². The molecule has 0 aromatic rings. The van der Waals surface area contributed by atoms with Gasteiger partial charge in [0.15, 0.2) is 0 Å². The van der Waals surface area contributed by atoms with Crippen molar-refractivity contribution < 1.29 is 22.8 Å². The average Bonchev–Trinajstić information content (AvgIpc) is 3.15. The van der Waals surface area contributed by atoms with Gasteiger partial charge in [0.25, 0.3) is 0 Å². The molecule has 0 heterocycles. The van der Waals surface area contributed by atoms with Gasteiger partial charge >= 0.3 is 6.18 Å². The van der Waals surface area contributed by atoms with Crippen molar-refractivity contribution in [2.45, 2.75) is 82.8 Å². The van der Waals surface area contributed by atoms with E-state index in [0.717, 1.165) is 38.5 Å². The highest BCUT2D eigenvalue weighted by atomic mass is 19.4. The Hall–Kier alpha value is -1.27. The lowest BCUT2D eigenvalue weighted by atomic mass is 9.71. The molecule has 3 rings (SSSR count). The van der Waals surface area contributed by atoms with Crippen molar-refractivity contribution in [1.82, 2.24) is 10.6 Å². The van der Waals surface area contributed by atoms with Crippen molar-refractivity contribution in [2.24, 2.45) is 17.3 Å². The smallest absolute Gasteiger partial charge is 0.354 e. The molecule has 0 aromatic heterocycles. The third kappa shape index (κ3) is 5.36. The summed E-state index contributed by atoms with van der Waals surface area (Å²) in [5.74, 6) is 0.125. The minimum Gasteiger partial charge on any atom is -0.354 e. The second-order valence-electron chi connectivity index (χ2n) is 8.54. The molecule has 1 unspecified atom stereocenters. The molecule has 4 nitrogen and oxygen atoms in total. The summed E-state index contributed by atoms with van der Waals surface area (Å²) in [6, 6.07) is -0.171. The van der Waals surface area contributed by atoms with Crippen LogP contribution in [0.25, 0.3) is 0 Å². The van der Waals surface area contributed by atoms with Crippen LogP contribution in [0.5, 0.6) is 0 Å².